The van der Waals surface area contributed by atoms with Crippen LogP contribution in [-0.4, -0.2) is 44.0 Å². The number of aliphatic hydroxyl groups is 1. The van der Waals surface area contributed by atoms with Crippen LogP contribution in [0.15, 0.2) is 0 Å². The fourth-order valence-electron chi connectivity index (χ4n) is 0.788. The lowest BCUT2D eigenvalue weighted by molar-refractivity contribution is 0.0230. The topological polar surface area (TPSA) is 76.0 Å². The van der Waals surface area contributed by atoms with Gasteiger partial charge in [0.15, 0.2) is 8.32 Å². The average Bonchev–Trinajstić information content (AvgIpc) is 1.95. The number of hydrogen-bond donors (Lipinski definition) is 2. The minimum absolute atomic E-state index is 0.115. The smallest absolute Gasteiger partial charge is 0.450 e. The first kappa shape index (κ1) is 12.4. The molecule has 0 spiro atoms. The van der Waals surface area contributed by atoms with Gasteiger partial charge in [0.25, 0.3) is 0 Å². The van der Waals surface area contributed by atoms with Gasteiger partial charge in [-0.15, -0.1) is 0 Å². The lowest BCUT2D eigenvalue weighted by Crippen LogP contribution is -2.37. The van der Waals surface area contributed by atoms with Gasteiger partial charge in [-0.05, 0) is 19.6 Å². The standard InChI is InChI=1S/C7H16O5Si/c1-13(2,3)12-6(4-8)5-11-7(9)10/h6,8H,4-5H2,1-3H3,(H,9,10). The van der Waals surface area contributed by atoms with E-state index in [4.69, 9.17) is 14.6 Å². The molecule has 0 aliphatic carbocycles. The summed E-state index contributed by atoms with van der Waals surface area (Å²) in [7, 11) is -1.75. The number of rotatable bonds is 5. The van der Waals surface area contributed by atoms with Crippen LogP contribution in [0.1, 0.15) is 0 Å². The molecule has 0 aliphatic rings. The van der Waals surface area contributed by atoms with Crippen molar-refractivity contribution < 1.29 is 24.2 Å². The molecule has 1 atom stereocenters. The second kappa shape index (κ2) is 5.20. The molecule has 6 heteroatoms. The van der Waals surface area contributed by atoms with Crippen LogP contribution in [0.3, 0.4) is 0 Å². The summed E-state index contributed by atoms with van der Waals surface area (Å²) in [6, 6.07) is 0. The highest BCUT2D eigenvalue weighted by atomic mass is 28.4. The number of ether oxygens (including phenoxy) is 1. The van der Waals surface area contributed by atoms with E-state index in [1.54, 1.807) is 0 Å². The molecule has 0 heterocycles. The van der Waals surface area contributed by atoms with Gasteiger partial charge >= 0.3 is 6.16 Å². The summed E-state index contributed by atoms with van der Waals surface area (Å²) in [4.78, 5) is 10.0. The van der Waals surface area contributed by atoms with Crippen LogP contribution < -0.4 is 0 Å². The van der Waals surface area contributed by atoms with Gasteiger partial charge in [-0.25, -0.2) is 4.79 Å². The van der Waals surface area contributed by atoms with Crippen molar-refractivity contribution in [1.29, 1.82) is 0 Å². The van der Waals surface area contributed by atoms with Crippen LogP contribution in [0.25, 0.3) is 0 Å². The largest absolute Gasteiger partial charge is 0.505 e. The van der Waals surface area contributed by atoms with Gasteiger partial charge in [0.2, 0.25) is 0 Å². The van der Waals surface area contributed by atoms with E-state index in [2.05, 4.69) is 4.74 Å². The summed E-state index contributed by atoms with van der Waals surface area (Å²) >= 11 is 0. The third kappa shape index (κ3) is 7.76. The van der Waals surface area contributed by atoms with Gasteiger partial charge in [-0.3, -0.25) is 0 Å². The van der Waals surface area contributed by atoms with Crippen LogP contribution in [-0.2, 0) is 9.16 Å². The van der Waals surface area contributed by atoms with E-state index in [0.29, 0.717) is 0 Å². The Hall–Kier alpha value is -0.593. The van der Waals surface area contributed by atoms with E-state index in [-0.39, 0.29) is 13.2 Å². The van der Waals surface area contributed by atoms with Crippen LogP contribution in [0.2, 0.25) is 19.6 Å². The second-order valence-corrected chi connectivity index (χ2v) is 8.07. The third-order valence-electron chi connectivity index (χ3n) is 1.12. The zero-order chi connectivity index (χ0) is 10.5. The Morgan fingerprint density at radius 1 is 1.46 bits per heavy atom. The summed E-state index contributed by atoms with van der Waals surface area (Å²) in [5, 5.41) is 17.0. The van der Waals surface area contributed by atoms with E-state index >= 15 is 0 Å². The molecule has 78 valence electrons. The fourth-order valence-corrected chi connectivity index (χ4v) is 1.93. The average molecular weight is 208 g/mol. The third-order valence-corrected chi connectivity index (χ3v) is 2.16. The zero-order valence-corrected chi connectivity index (χ0v) is 9.11. The molecule has 13 heavy (non-hydrogen) atoms. The van der Waals surface area contributed by atoms with Crippen molar-refractivity contribution in [2.45, 2.75) is 25.7 Å². The molecule has 1 unspecified atom stereocenters. The van der Waals surface area contributed by atoms with E-state index in [9.17, 15) is 4.79 Å². The lowest BCUT2D eigenvalue weighted by Gasteiger charge is -2.24. The number of carboxylic acid groups (broad SMARTS) is 1. The molecular formula is C7H16O5Si. The predicted molar refractivity (Wildman–Crippen MR) is 49.3 cm³/mol. The summed E-state index contributed by atoms with van der Waals surface area (Å²) in [6.07, 6.45) is -1.89. The summed E-state index contributed by atoms with van der Waals surface area (Å²) in [5.74, 6) is 0. The minimum Gasteiger partial charge on any atom is -0.450 e. The first-order valence-corrected chi connectivity index (χ1v) is 7.40. The quantitative estimate of drug-likeness (QED) is 0.518. The van der Waals surface area contributed by atoms with Gasteiger partial charge in [0, 0.05) is 0 Å². The fraction of sp³-hybridized carbons (Fsp3) is 0.857. The van der Waals surface area contributed by atoms with Crippen molar-refractivity contribution in [2.75, 3.05) is 13.2 Å². The molecule has 0 bridgehead atoms. The van der Waals surface area contributed by atoms with Gasteiger partial charge < -0.3 is 19.4 Å². The maximum Gasteiger partial charge on any atom is 0.505 e. The molecule has 0 amide bonds. The van der Waals surface area contributed by atoms with Crippen molar-refractivity contribution in [1.82, 2.24) is 0 Å². The Balaban J connectivity index is 3.83. The lowest BCUT2D eigenvalue weighted by atomic mass is 10.4. The van der Waals surface area contributed by atoms with Crippen LogP contribution in [0.4, 0.5) is 4.79 Å². The molecule has 0 rings (SSSR count). The molecule has 5 nitrogen and oxygen atoms in total. The van der Waals surface area contributed by atoms with Gasteiger partial charge in [-0.2, -0.15) is 0 Å². The van der Waals surface area contributed by atoms with Crippen LogP contribution in [0.5, 0.6) is 0 Å². The number of hydrogen-bond acceptors (Lipinski definition) is 4. The first-order valence-electron chi connectivity index (χ1n) is 3.99. The van der Waals surface area contributed by atoms with Gasteiger partial charge in [-0.1, -0.05) is 0 Å². The van der Waals surface area contributed by atoms with Crippen molar-refractivity contribution in [3.05, 3.63) is 0 Å². The Labute approximate surface area is 78.4 Å². The highest BCUT2D eigenvalue weighted by molar-refractivity contribution is 6.69. The molecule has 0 aromatic carbocycles. The molecule has 0 aromatic rings. The van der Waals surface area contributed by atoms with E-state index < -0.39 is 20.6 Å². The van der Waals surface area contributed by atoms with Crippen LogP contribution in [0, 0.1) is 0 Å². The van der Waals surface area contributed by atoms with E-state index in [1.807, 2.05) is 19.6 Å². The summed E-state index contributed by atoms with van der Waals surface area (Å²) < 4.78 is 9.73. The van der Waals surface area contributed by atoms with Crippen molar-refractivity contribution >= 4 is 14.5 Å². The van der Waals surface area contributed by atoms with Crippen molar-refractivity contribution in [3.63, 3.8) is 0 Å². The van der Waals surface area contributed by atoms with E-state index in [0.717, 1.165) is 0 Å². The summed E-state index contributed by atoms with van der Waals surface area (Å²) in [6.45, 7) is 5.52. The molecule has 0 saturated carbocycles. The highest BCUT2D eigenvalue weighted by Crippen LogP contribution is 2.07. The molecule has 0 aromatic heterocycles. The maximum atomic E-state index is 10.0. The molecule has 0 radical (unpaired) electrons. The number of carbonyl (C=O) groups is 1. The SMILES string of the molecule is C[Si](C)(C)OC(CO)COC(=O)O. The number of aliphatic hydroxyl groups excluding tert-OH is 1. The van der Waals surface area contributed by atoms with Gasteiger partial charge in [0.1, 0.15) is 12.7 Å². The normalized spacial score (nSPS) is 13.8. The van der Waals surface area contributed by atoms with Gasteiger partial charge in [0.05, 0.1) is 6.61 Å². The van der Waals surface area contributed by atoms with Crippen molar-refractivity contribution in [3.8, 4) is 0 Å². The molecule has 2 N–H and O–H groups in total. The Kier molecular flexibility index (Phi) is 4.97. The molecular weight excluding hydrogens is 192 g/mol. The Bertz CT molecular complexity index is 165. The highest BCUT2D eigenvalue weighted by Gasteiger charge is 2.21. The molecule has 0 saturated heterocycles. The Morgan fingerprint density at radius 2 is 2.00 bits per heavy atom. The summed E-state index contributed by atoms with van der Waals surface area (Å²) in [5.41, 5.74) is 0. The molecule has 0 aliphatic heterocycles. The first-order chi connectivity index (χ1) is 5.85. The second-order valence-electron chi connectivity index (χ2n) is 3.61. The van der Waals surface area contributed by atoms with Crippen LogP contribution >= 0.6 is 0 Å². The monoisotopic (exact) mass is 208 g/mol. The predicted octanol–water partition coefficient (Wildman–Crippen LogP) is 0.893. The van der Waals surface area contributed by atoms with Crippen molar-refractivity contribution in [2.24, 2.45) is 0 Å². The Morgan fingerprint density at radius 3 is 2.31 bits per heavy atom. The maximum absolute atomic E-state index is 10.0. The zero-order valence-electron chi connectivity index (χ0n) is 8.11. The molecule has 0 fully saturated rings. The van der Waals surface area contributed by atoms with E-state index in [1.165, 1.54) is 0 Å². The minimum atomic E-state index is -1.75.